The number of carbonyl (C=O) groups is 2. The molecule has 226 valence electrons. The van der Waals surface area contributed by atoms with Crippen LogP contribution in [0.4, 0.5) is 0 Å². The van der Waals surface area contributed by atoms with E-state index in [9.17, 15) is 9.59 Å². The molecule has 38 heavy (non-hydrogen) atoms. The van der Waals surface area contributed by atoms with Gasteiger partial charge in [-0.25, -0.2) is 0 Å². The molecule has 13 nitrogen and oxygen atoms in total. The molecule has 0 fully saturated rings. The molecule has 0 spiro atoms. The van der Waals surface area contributed by atoms with Crippen molar-refractivity contribution in [2.45, 2.75) is 26.2 Å². The van der Waals surface area contributed by atoms with Crippen molar-refractivity contribution in [1.29, 1.82) is 0 Å². The molecule has 0 aromatic carbocycles. The van der Waals surface area contributed by atoms with Crippen LogP contribution in [0.2, 0.25) is 0 Å². The molecule has 0 heterocycles. The zero-order valence-electron chi connectivity index (χ0n) is 23.1. The summed E-state index contributed by atoms with van der Waals surface area (Å²) in [5.74, 6) is -0.361. The molecule has 13 heteroatoms. The second-order valence-corrected chi connectivity index (χ2v) is 7.83. The Labute approximate surface area is 227 Å². The lowest BCUT2D eigenvalue weighted by Gasteiger charge is -2.09. The number of primary amides is 1. The number of rotatable bonds is 32. The fourth-order valence-electron chi connectivity index (χ4n) is 2.55. The van der Waals surface area contributed by atoms with Crippen molar-refractivity contribution in [3.05, 3.63) is 0 Å². The molecule has 0 aliphatic rings. The van der Waals surface area contributed by atoms with E-state index in [1.807, 2.05) is 6.92 Å². The van der Waals surface area contributed by atoms with Gasteiger partial charge in [0, 0.05) is 19.4 Å². The number of carbonyl (C=O) groups excluding carboxylic acids is 2. The van der Waals surface area contributed by atoms with Gasteiger partial charge in [0.25, 0.3) is 0 Å². The van der Waals surface area contributed by atoms with Crippen LogP contribution in [0.5, 0.6) is 0 Å². The van der Waals surface area contributed by atoms with Crippen molar-refractivity contribution in [2.75, 3.05) is 125 Å². The highest BCUT2D eigenvalue weighted by Crippen LogP contribution is 1.88. The van der Waals surface area contributed by atoms with E-state index in [4.69, 9.17) is 48.4 Å². The van der Waals surface area contributed by atoms with Crippen LogP contribution in [0.25, 0.3) is 0 Å². The van der Waals surface area contributed by atoms with E-state index in [0.29, 0.717) is 132 Å². The van der Waals surface area contributed by atoms with Crippen molar-refractivity contribution in [3.63, 3.8) is 0 Å². The Bertz CT molecular complexity index is 516. The van der Waals surface area contributed by atoms with E-state index >= 15 is 0 Å². The first-order chi connectivity index (χ1) is 18.7. The van der Waals surface area contributed by atoms with E-state index in [2.05, 4.69) is 5.32 Å². The zero-order valence-corrected chi connectivity index (χ0v) is 23.1. The average Bonchev–Trinajstić information content (AvgIpc) is 2.90. The molecule has 0 aliphatic carbocycles. The maximum absolute atomic E-state index is 11.4. The Morgan fingerprint density at radius 2 is 0.737 bits per heavy atom. The van der Waals surface area contributed by atoms with Gasteiger partial charge in [-0.3, -0.25) is 9.59 Å². The third-order valence-corrected chi connectivity index (χ3v) is 4.51. The molecule has 0 unspecified atom stereocenters. The lowest BCUT2D eigenvalue weighted by atomic mass is 10.4. The fraction of sp³-hybridized carbons (Fsp3) is 0.920. The number of nitrogens with two attached hydrogens (primary N) is 1. The number of nitrogens with one attached hydrogen (secondary N) is 1. The summed E-state index contributed by atoms with van der Waals surface area (Å²) in [6.45, 7) is 11.1. The van der Waals surface area contributed by atoms with Gasteiger partial charge in [0.2, 0.25) is 11.8 Å². The standard InChI is InChI=1S/C25H50N2O11/c1-2-5-27-25(29)4-7-31-9-11-33-13-15-35-17-19-37-21-23-38-22-20-36-18-16-34-14-12-32-10-8-30-6-3-24(26)28/h2-23H2,1H3,(H2,26,28)(H,27,29). The summed E-state index contributed by atoms with van der Waals surface area (Å²) >= 11 is 0. The molecule has 2 amide bonds. The summed E-state index contributed by atoms with van der Waals surface area (Å²) in [5, 5.41) is 2.80. The van der Waals surface area contributed by atoms with Crippen molar-refractivity contribution >= 4 is 11.8 Å². The van der Waals surface area contributed by atoms with Crippen LogP contribution in [0, 0.1) is 0 Å². The second kappa shape index (κ2) is 31.8. The Balaban J connectivity index is 3.06. The van der Waals surface area contributed by atoms with Crippen molar-refractivity contribution < 1.29 is 52.2 Å². The van der Waals surface area contributed by atoms with Gasteiger partial charge >= 0.3 is 0 Å². The van der Waals surface area contributed by atoms with Crippen LogP contribution in [-0.4, -0.2) is 137 Å². The molecule has 0 aromatic heterocycles. The van der Waals surface area contributed by atoms with E-state index in [1.165, 1.54) is 0 Å². The maximum atomic E-state index is 11.4. The molecule has 0 aromatic rings. The van der Waals surface area contributed by atoms with Gasteiger partial charge in [-0.05, 0) is 6.42 Å². The molecule has 0 aliphatic heterocycles. The molecule has 0 atom stereocenters. The monoisotopic (exact) mass is 554 g/mol. The summed E-state index contributed by atoms with van der Waals surface area (Å²) in [5.41, 5.74) is 5.01. The van der Waals surface area contributed by atoms with Gasteiger partial charge in [0.05, 0.1) is 119 Å². The summed E-state index contributed by atoms with van der Waals surface area (Å²) in [4.78, 5) is 21.9. The first kappa shape index (κ1) is 36.6. The lowest BCUT2D eigenvalue weighted by Crippen LogP contribution is -2.25. The quantitative estimate of drug-likeness (QED) is 0.107. The smallest absolute Gasteiger partial charge is 0.222 e. The molecule has 3 N–H and O–H groups in total. The summed E-state index contributed by atoms with van der Waals surface area (Å²) < 4.78 is 48.4. The molecule has 0 bridgehead atoms. The van der Waals surface area contributed by atoms with Gasteiger partial charge in [0.1, 0.15) is 0 Å². The van der Waals surface area contributed by atoms with Crippen LogP contribution in [-0.2, 0) is 52.2 Å². The Morgan fingerprint density at radius 1 is 0.474 bits per heavy atom. The largest absolute Gasteiger partial charge is 0.379 e. The molecule has 0 saturated heterocycles. The van der Waals surface area contributed by atoms with Crippen molar-refractivity contribution in [1.82, 2.24) is 5.32 Å². The highest BCUT2D eigenvalue weighted by atomic mass is 16.6. The van der Waals surface area contributed by atoms with Crippen molar-refractivity contribution in [3.8, 4) is 0 Å². The number of hydrogen-bond donors (Lipinski definition) is 2. The SMILES string of the molecule is CCCNC(=O)CCOCCOCCOCCOCCOCCOCCOCCOCCOCCC(N)=O. The highest BCUT2D eigenvalue weighted by Gasteiger charge is 2.00. The van der Waals surface area contributed by atoms with Crippen LogP contribution < -0.4 is 11.1 Å². The lowest BCUT2D eigenvalue weighted by molar-refractivity contribution is -0.122. The minimum atomic E-state index is -0.375. The maximum Gasteiger partial charge on any atom is 0.222 e. The zero-order chi connectivity index (χ0) is 27.8. The Hall–Kier alpha value is -1.42. The van der Waals surface area contributed by atoms with Crippen LogP contribution >= 0.6 is 0 Å². The molecule has 0 rings (SSSR count). The summed E-state index contributed by atoms with van der Waals surface area (Å²) in [6.07, 6.45) is 1.52. The first-order valence-electron chi connectivity index (χ1n) is 13.4. The van der Waals surface area contributed by atoms with Crippen LogP contribution in [0.3, 0.4) is 0 Å². The second-order valence-electron chi connectivity index (χ2n) is 7.83. The van der Waals surface area contributed by atoms with Gasteiger partial charge in [-0.15, -0.1) is 0 Å². The highest BCUT2D eigenvalue weighted by molar-refractivity contribution is 5.75. The van der Waals surface area contributed by atoms with E-state index in [0.717, 1.165) is 6.42 Å². The van der Waals surface area contributed by atoms with Gasteiger partial charge < -0.3 is 53.7 Å². The fourth-order valence-corrected chi connectivity index (χ4v) is 2.55. The van der Waals surface area contributed by atoms with Crippen molar-refractivity contribution in [2.24, 2.45) is 5.73 Å². The van der Waals surface area contributed by atoms with Crippen LogP contribution in [0.1, 0.15) is 26.2 Å². The first-order valence-corrected chi connectivity index (χ1v) is 13.4. The average molecular weight is 555 g/mol. The van der Waals surface area contributed by atoms with Crippen LogP contribution in [0.15, 0.2) is 0 Å². The predicted molar refractivity (Wildman–Crippen MR) is 139 cm³/mol. The number of hydrogen-bond acceptors (Lipinski definition) is 11. The minimum Gasteiger partial charge on any atom is -0.379 e. The summed E-state index contributed by atoms with van der Waals surface area (Å²) in [7, 11) is 0. The summed E-state index contributed by atoms with van der Waals surface area (Å²) in [6, 6.07) is 0. The molecule has 0 radical (unpaired) electrons. The van der Waals surface area contributed by atoms with E-state index in [1.54, 1.807) is 0 Å². The van der Waals surface area contributed by atoms with Gasteiger partial charge in [-0.1, -0.05) is 6.92 Å². The van der Waals surface area contributed by atoms with Gasteiger partial charge in [-0.2, -0.15) is 0 Å². The third-order valence-electron chi connectivity index (χ3n) is 4.51. The topological polar surface area (TPSA) is 155 Å². The van der Waals surface area contributed by atoms with Gasteiger partial charge in [0.15, 0.2) is 0 Å². The predicted octanol–water partition coefficient (Wildman–Crippen LogP) is -0.0725. The molecular weight excluding hydrogens is 504 g/mol. The third kappa shape index (κ3) is 32.6. The Morgan fingerprint density at radius 3 is 1.00 bits per heavy atom. The molecule has 0 saturated carbocycles. The normalized spacial score (nSPS) is 11.2. The minimum absolute atomic E-state index is 0.0143. The number of ether oxygens (including phenoxy) is 9. The van der Waals surface area contributed by atoms with E-state index in [-0.39, 0.29) is 18.2 Å². The Kier molecular flexibility index (Phi) is 30.6. The number of amides is 2. The van der Waals surface area contributed by atoms with E-state index < -0.39 is 0 Å². The molecular formula is C25H50N2O11.